The minimum absolute atomic E-state index is 0.00333. The maximum absolute atomic E-state index is 11.3. The van der Waals surface area contributed by atoms with Gasteiger partial charge in [-0.2, -0.15) is 5.54 Å². The van der Waals surface area contributed by atoms with E-state index in [1.54, 1.807) is 0 Å². The molecular formula is C5H11ClFNO2S. The highest BCUT2D eigenvalue weighted by Gasteiger charge is 2.08. The Morgan fingerprint density at radius 3 is 2.45 bits per heavy atom. The highest BCUT2D eigenvalue weighted by Crippen LogP contribution is 1.94. The predicted octanol–water partition coefficient (Wildman–Crippen LogP) is 0.504. The number of sulfone groups is 1. The van der Waals surface area contributed by atoms with Crippen molar-refractivity contribution in [1.29, 1.82) is 0 Å². The van der Waals surface area contributed by atoms with Crippen LogP contribution in [0.2, 0.25) is 0 Å². The molecule has 6 heteroatoms. The lowest BCUT2D eigenvalue weighted by Gasteiger charge is -1.99. The SMILES string of the molecule is O=S(=O)(CCCl)CCCNF. The third kappa shape index (κ3) is 6.52. The molecule has 0 aliphatic heterocycles. The maximum Gasteiger partial charge on any atom is 0.151 e. The Labute approximate surface area is 70.8 Å². The van der Waals surface area contributed by atoms with Crippen LogP contribution >= 0.6 is 11.6 Å². The average Bonchev–Trinajstić information content (AvgIpc) is 1.87. The monoisotopic (exact) mass is 203 g/mol. The summed E-state index contributed by atoms with van der Waals surface area (Å²) < 4.78 is 33.0. The lowest BCUT2D eigenvalue weighted by Crippen LogP contribution is -2.15. The summed E-state index contributed by atoms with van der Waals surface area (Å²) in [5.41, 5.74) is 1.38. The van der Waals surface area contributed by atoms with Crippen molar-refractivity contribution in [3.05, 3.63) is 0 Å². The van der Waals surface area contributed by atoms with Gasteiger partial charge in [0.2, 0.25) is 0 Å². The first-order chi connectivity index (χ1) is 5.12. The van der Waals surface area contributed by atoms with Crippen molar-refractivity contribution in [3.8, 4) is 0 Å². The summed E-state index contributed by atoms with van der Waals surface area (Å²) in [5, 5.41) is 0. The molecule has 11 heavy (non-hydrogen) atoms. The van der Waals surface area contributed by atoms with Crippen LogP contribution in [0.3, 0.4) is 0 Å². The van der Waals surface area contributed by atoms with Gasteiger partial charge in [0.05, 0.1) is 11.5 Å². The van der Waals surface area contributed by atoms with E-state index < -0.39 is 9.84 Å². The van der Waals surface area contributed by atoms with Crippen molar-refractivity contribution >= 4 is 21.4 Å². The van der Waals surface area contributed by atoms with Crippen molar-refractivity contribution in [2.24, 2.45) is 0 Å². The quantitative estimate of drug-likeness (QED) is 0.389. The Morgan fingerprint density at radius 2 is 2.00 bits per heavy atom. The fourth-order valence-corrected chi connectivity index (χ4v) is 2.31. The summed E-state index contributed by atoms with van der Waals surface area (Å²) in [5.74, 6) is 0.0723. The first-order valence-corrected chi connectivity index (χ1v) is 5.58. The van der Waals surface area contributed by atoms with E-state index in [9.17, 15) is 12.9 Å². The molecule has 0 saturated carbocycles. The molecule has 0 aliphatic rings. The van der Waals surface area contributed by atoms with E-state index in [-0.39, 0.29) is 30.4 Å². The van der Waals surface area contributed by atoms with E-state index in [4.69, 9.17) is 11.6 Å². The summed E-state index contributed by atoms with van der Waals surface area (Å²) in [7, 11) is -3.04. The number of hydrogen-bond acceptors (Lipinski definition) is 3. The molecule has 0 saturated heterocycles. The second kappa shape index (κ2) is 5.74. The van der Waals surface area contributed by atoms with Gasteiger partial charge in [0, 0.05) is 12.4 Å². The largest absolute Gasteiger partial charge is 0.229 e. The molecule has 0 aliphatic carbocycles. The average molecular weight is 204 g/mol. The zero-order valence-corrected chi connectivity index (χ0v) is 7.59. The standard InChI is InChI=1S/C5H11ClFNO2S/c6-2-5-11(9,10)4-1-3-8-7/h8H,1-5H2. The van der Waals surface area contributed by atoms with Crippen LogP contribution in [-0.4, -0.2) is 32.3 Å². The summed E-state index contributed by atoms with van der Waals surface area (Å²) in [6.45, 7) is 0.0709. The number of hydrogen-bond donors (Lipinski definition) is 1. The van der Waals surface area contributed by atoms with Gasteiger partial charge in [-0.1, -0.05) is 0 Å². The number of alkyl halides is 1. The van der Waals surface area contributed by atoms with Crippen LogP contribution in [-0.2, 0) is 9.84 Å². The van der Waals surface area contributed by atoms with Gasteiger partial charge in [-0.3, -0.25) is 0 Å². The molecule has 0 unspecified atom stereocenters. The van der Waals surface area contributed by atoms with Gasteiger partial charge < -0.3 is 0 Å². The van der Waals surface area contributed by atoms with Gasteiger partial charge in [0.15, 0.2) is 9.84 Å². The molecule has 0 bridgehead atoms. The first-order valence-electron chi connectivity index (χ1n) is 3.22. The summed E-state index contributed by atoms with van der Waals surface area (Å²) in [6, 6.07) is 0. The van der Waals surface area contributed by atoms with E-state index in [1.807, 2.05) is 0 Å². The van der Waals surface area contributed by atoms with Gasteiger partial charge in [-0.25, -0.2) is 8.42 Å². The van der Waals surface area contributed by atoms with Crippen molar-refractivity contribution in [3.63, 3.8) is 0 Å². The van der Waals surface area contributed by atoms with Gasteiger partial charge in [-0.15, -0.1) is 16.1 Å². The topological polar surface area (TPSA) is 46.2 Å². The van der Waals surface area contributed by atoms with E-state index in [0.717, 1.165) is 0 Å². The van der Waals surface area contributed by atoms with E-state index in [0.29, 0.717) is 0 Å². The normalized spacial score (nSPS) is 11.8. The molecule has 0 aromatic heterocycles. The van der Waals surface area contributed by atoms with Crippen molar-refractivity contribution in [1.82, 2.24) is 5.54 Å². The molecule has 68 valence electrons. The molecule has 0 heterocycles. The molecule has 0 aromatic carbocycles. The zero-order valence-electron chi connectivity index (χ0n) is 6.02. The van der Waals surface area contributed by atoms with Crippen LogP contribution < -0.4 is 5.54 Å². The van der Waals surface area contributed by atoms with Crippen molar-refractivity contribution < 1.29 is 12.9 Å². The highest BCUT2D eigenvalue weighted by molar-refractivity contribution is 7.91. The Kier molecular flexibility index (Phi) is 5.81. The van der Waals surface area contributed by atoms with E-state index in [2.05, 4.69) is 0 Å². The highest BCUT2D eigenvalue weighted by atomic mass is 35.5. The summed E-state index contributed by atoms with van der Waals surface area (Å²) >= 11 is 5.23. The Balaban J connectivity index is 3.56. The molecule has 1 N–H and O–H groups in total. The van der Waals surface area contributed by atoms with Crippen LogP contribution in [0.1, 0.15) is 6.42 Å². The number of rotatable bonds is 6. The Bertz CT molecular complexity index is 183. The molecule has 0 aromatic rings. The first kappa shape index (κ1) is 11.1. The minimum Gasteiger partial charge on any atom is -0.229 e. The van der Waals surface area contributed by atoms with Gasteiger partial charge in [-0.05, 0) is 6.42 Å². The van der Waals surface area contributed by atoms with E-state index >= 15 is 0 Å². The fourth-order valence-electron chi connectivity index (χ4n) is 0.579. The van der Waals surface area contributed by atoms with Crippen LogP contribution in [0.5, 0.6) is 0 Å². The lowest BCUT2D eigenvalue weighted by molar-refractivity contribution is 0.335. The van der Waals surface area contributed by atoms with Gasteiger partial charge >= 0.3 is 0 Å². The Morgan fingerprint density at radius 1 is 1.36 bits per heavy atom. The number of halogens is 2. The third-order valence-electron chi connectivity index (χ3n) is 1.11. The number of nitrogens with one attached hydrogen (secondary N) is 1. The van der Waals surface area contributed by atoms with E-state index in [1.165, 1.54) is 5.54 Å². The fraction of sp³-hybridized carbons (Fsp3) is 1.00. The molecule has 0 spiro atoms. The maximum atomic E-state index is 11.3. The molecule has 0 rings (SSSR count). The predicted molar refractivity (Wildman–Crippen MR) is 43.1 cm³/mol. The van der Waals surface area contributed by atoms with Crippen molar-refractivity contribution in [2.75, 3.05) is 23.9 Å². The minimum atomic E-state index is -3.04. The van der Waals surface area contributed by atoms with Crippen LogP contribution in [0.4, 0.5) is 4.48 Å². The molecule has 0 radical (unpaired) electrons. The summed E-state index contributed by atoms with van der Waals surface area (Å²) in [6.07, 6.45) is 0.287. The lowest BCUT2D eigenvalue weighted by atomic mass is 10.5. The molecule has 3 nitrogen and oxygen atoms in total. The van der Waals surface area contributed by atoms with Crippen LogP contribution in [0.25, 0.3) is 0 Å². The van der Waals surface area contributed by atoms with Crippen LogP contribution in [0.15, 0.2) is 0 Å². The second-order valence-corrected chi connectivity index (χ2v) is 4.76. The van der Waals surface area contributed by atoms with Gasteiger partial charge in [0.1, 0.15) is 0 Å². The molecule has 0 atom stereocenters. The molecular weight excluding hydrogens is 193 g/mol. The van der Waals surface area contributed by atoms with Crippen LogP contribution in [0, 0.1) is 0 Å². The van der Waals surface area contributed by atoms with Crippen molar-refractivity contribution in [2.45, 2.75) is 6.42 Å². The molecule has 0 fully saturated rings. The third-order valence-corrected chi connectivity index (χ3v) is 3.26. The summed E-state index contributed by atoms with van der Waals surface area (Å²) in [4.78, 5) is 0. The Hall–Kier alpha value is 0.130. The second-order valence-electron chi connectivity index (χ2n) is 2.08. The zero-order chi connectivity index (χ0) is 8.74. The molecule has 0 amide bonds. The smallest absolute Gasteiger partial charge is 0.151 e. The van der Waals surface area contributed by atoms with Gasteiger partial charge in [0.25, 0.3) is 0 Å².